The van der Waals surface area contributed by atoms with E-state index in [0.29, 0.717) is 17.8 Å². The van der Waals surface area contributed by atoms with Gasteiger partial charge in [-0.3, -0.25) is 10.1 Å². The number of thiophene rings is 1. The Morgan fingerprint density at radius 1 is 1.29 bits per heavy atom. The third-order valence-corrected chi connectivity index (χ3v) is 5.17. The number of halogens is 1. The van der Waals surface area contributed by atoms with Crippen LogP contribution in [-0.2, 0) is 12.8 Å². The van der Waals surface area contributed by atoms with Gasteiger partial charge in [0, 0.05) is 4.88 Å². The predicted molar refractivity (Wildman–Crippen MR) is 90.0 cm³/mol. The van der Waals surface area contributed by atoms with Crippen LogP contribution in [0.2, 0.25) is 0 Å². The number of urea groups is 1. The molecule has 2 aromatic rings. The molecule has 3 amide bonds. The summed E-state index contributed by atoms with van der Waals surface area (Å²) in [6, 6.07) is 2.30. The zero-order valence-electron chi connectivity index (χ0n) is 12.9. The molecule has 5 N–H and O–H groups in total. The summed E-state index contributed by atoms with van der Waals surface area (Å²) in [4.78, 5) is 23.9. The van der Waals surface area contributed by atoms with Crippen LogP contribution in [0.4, 0.5) is 14.2 Å². The first-order valence-corrected chi connectivity index (χ1v) is 8.12. The van der Waals surface area contributed by atoms with E-state index >= 15 is 0 Å². The number of rotatable bonds is 3. The van der Waals surface area contributed by atoms with E-state index in [9.17, 15) is 14.0 Å². The molecule has 1 aromatic carbocycles. The molecular formula is C16H16FN3O3S. The van der Waals surface area contributed by atoms with Crippen LogP contribution in [0.15, 0.2) is 12.1 Å². The van der Waals surface area contributed by atoms with Gasteiger partial charge >= 0.3 is 6.03 Å². The van der Waals surface area contributed by atoms with E-state index in [1.54, 1.807) is 6.07 Å². The molecule has 1 heterocycles. The minimum absolute atomic E-state index is 0.125. The number of ether oxygens (including phenoxy) is 1. The normalized spacial score (nSPS) is 12.8. The van der Waals surface area contributed by atoms with Crippen LogP contribution in [0, 0.1) is 5.82 Å². The molecule has 0 spiro atoms. The smallest absolute Gasteiger partial charge is 0.317 e. The van der Waals surface area contributed by atoms with Crippen molar-refractivity contribution in [3.8, 4) is 16.2 Å². The zero-order valence-corrected chi connectivity index (χ0v) is 13.8. The molecule has 1 aliphatic rings. The first kappa shape index (κ1) is 16.3. The SMILES string of the molecule is COc1cc2c(cc1F)CCCc1c-2sc(NC(N)=O)c1C(N)=O. The maximum absolute atomic E-state index is 14.0. The number of nitrogens with one attached hydrogen (secondary N) is 1. The van der Waals surface area contributed by atoms with E-state index in [1.807, 2.05) is 0 Å². The highest BCUT2D eigenvalue weighted by molar-refractivity contribution is 7.20. The largest absolute Gasteiger partial charge is 0.494 e. The number of fused-ring (bicyclic) bond motifs is 3. The predicted octanol–water partition coefficient (Wildman–Crippen LogP) is 2.64. The quantitative estimate of drug-likeness (QED) is 0.793. The summed E-state index contributed by atoms with van der Waals surface area (Å²) >= 11 is 1.21. The number of anilines is 1. The Kier molecular flexibility index (Phi) is 4.15. The average molecular weight is 349 g/mol. The maximum Gasteiger partial charge on any atom is 0.317 e. The van der Waals surface area contributed by atoms with Crippen LogP contribution in [0.25, 0.3) is 10.4 Å². The number of carbonyl (C=O) groups is 2. The van der Waals surface area contributed by atoms with Crippen LogP contribution in [0.3, 0.4) is 0 Å². The van der Waals surface area contributed by atoms with Gasteiger partial charge in [-0.05, 0) is 48.1 Å². The summed E-state index contributed by atoms with van der Waals surface area (Å²) < 4.78 is 19.1. The Bertz CT molecular complexity index is 848. The lowest BCUT2D eigenvalue weighted by molar-refractivity contribution is 0.100. The Labute approximate surface area is 141 Å². The second-order valence-corrected chi connectivity index (χ2v) is 6.49. The average Bonchev–Trinajstić information content (AvgIpc) is 2.76. The highest BCUT2D eigenvalue weighted by Gasteiger charge is 2.27. The van der Waals surface area contributed by atoms with Gasteiger partial charge in [0.15, 0.2) is 11.6 Å². The first-order valence-electron chi connectivity index (χ1n) is 7.31. The fourth-order valence-electron chi connectivity index (χ4n) is 3.01. The van der Waals surface area contributed by atoms with Gasteiger partial charge in [0.2, 0.25) is 0 Å². The molecule has 0 atom stereocenters. The number of benzene rings is 1. The molecule has 0 saturated heterocycles. The molecule has 1 aliphatic carbocycles. The third-order valence-electron chi connectivity index (χ3n) is 3.99. The van der Waals surface area contributed by atoms with E-state index in [4.69, 9.17) is 16.2 Å². The van der Waals surface area contributed by atoms with E-state index in [0.717, 1.165) is 28.0 Å². The minimum atomic E-state index is -0.772. The summed E-state index contributed by atoms with van der Waals surface area (Å²) in [6.07, 6.45) is 2.01. The summed E-state index contributed by atoms with van der Waals surface area (Å²) in [6.45, 7) is 0. The minimum Gasteiger partial charge on any atom is -0.494 e. The molecule has 0 fully saturated rings. The number of nitrogens with two attached hydrogens (primary N) is 2. The number of primary amides is 2. The van der Waals surface area contributed by atoms with E-state index in [1.165, 1.54) is 24.5 Å². The molecule has 8 heteroatoms. The highest BCUT2D eigenvalue weighted by Crippen LogP contribution is 2.45. The van der Waals surface area contributed by atoms with Gasteiger partial charge < -0.3 is 16.2 Å². The molecule has 6 nitrogen and oxygen atoms in total. The van der Waals surface area contributed by atoms with Crippen LogP contribution in [0.5, 0.6) is 5.75 Å². The van der Waals surface area contributed by atoms with Crippen molar-refractivity contribution >= 4 is 28.3 Å². The summed E-state index contributed by atoms with van der Waals surface area (Å²) in [5, 5.41) is 2.77. The Balaban J connectivity index is 2.26. The monoisotopic (exact) mass is 349 g/mol. The fraction of sp³-hybridized carbons (Fsp3) is 0.250. The number of methoxy groups -OCH3 is 1. The van der Waals surface area contributed by atoms with E-state index in [2.05, 4.69) is 5.32 Å². The van der Waals surface area contributed by atoms with Crippen molar-refractivity contribution in [1.29, 1.82) is 0 Å². The van der Waals surface area contributed by atoms with Gasteiger partial charge in [-0.1, -0.05) is 0 Å². The standard InChI is InChI=1S/C16H16FN3O3S/c1-23-11-6-9-7(5-10(11)17)3-2-4-8-12(14(18)21)15(20-16(19)22)24-13(8)9/h5-6H,2-4H2,1H3,(H2,18,21)(H3,19,20,22). The topological polar surface area (TPSA) is 107 Å². The van der Waals surface area contributed by atoms with Crippen LogP contribution in [0.1, 0.15) is 27.9 Å². The summed E-state index contributed by atoms with van der Waals surface area (Å²) in [7, 11) is 1.39. The molecule has 3 rings (SSSR count). The zero-order chi connectivity index (χ0) is 17.4. The van der Waals surface area contributed by atoms with Crippen molar-refractivity contribution in [1.82, 2.24) is 0 Å². The number of hydrogen-bond donors (Lipinski definition) is 3. The van der Waals surface area contributed by atoms with Crippen molar-refractivity contribution in [2.45, 2.75) is 19.3 Å². The van der Waals surface area contributed by atoms with Crippen molar-refractivity contribution in [2.24, 2.45) is 11.5 Å². The molecule has 24 heavy (non-hydrogen) atoms. The molecule has 0 unspecified atom stereocenters. The highest BCUT2D eigenvalue weighted by atomic mass is 32.1. The van der Waals surface area contributed by atoms with Gasteiger partial charge in [-0.15, -0.1) is 11.3 Å². The lowest BCUT2D eigenvalue weighted by Gasteiger charge is -2.09. The number of hydrogen-bond acceptors (Lipinski definition) is 4. The number of amides is 3. The molecule has 126 valence electrons. The van der Waals surface area contributed by atoms with Crippen LogP contribution >= 0.6 is 11.3 Å². The Morgan fingerprint density at radius 2 is 2.04 bits per heavy atom. The van der Waals surface area contributed by atoms with E-state index < -0.39 is 17.8 Å². The fourth-order valence-corrected chi connectivity index (χ4v) is 4.32. The van der Waals surface area contributed by atoms with Gasteiger partial charge in [0.1, 0.15) is 5.00 Å². The van der Waals surface area contributed by atoms with Crippen molar-refractivity contribution in [3.63, 3.8) is 0 Å². The van der Waals surface area contributed by atoms with Gasteiger partial charge in [0.25, 0.3) is 5.91 Å². The molecule has 0 radical (unpaired) electrons. The summed E-state index contributed by atoms with van der Waals surface area (Å²) in [5.74, 6) is -0.935. The molecular weight excluding hydrogens is 333 g/mol. The van der Waals surface area contributed by atoms with Gasteiger partial charge in [0.05, 0.1) is 12.7 Å². The Hall–Kier alpha value is -2.61. The lowest BCUT2D eigenvalue weighted by atomic mass is 10.0. The van der Waals surface area contributed by atoms with Gasteiger partial charge in [-0.25, -0.2) is 9.18 Å². The molecule has 0 aliphatic heterocycles. The second-order valence-electron chi connectivity index (χ2n) is 5.46. The van der Waals surface area contributed by atoms with Gasteiger partial charge in [-0.2, -0.15) is 0 Å². The Morgan fingerprint density at radius 3 is 2.67 bits per heavy atom. The molecule has 0 bridgehead atoms. The number of carbonyl (C=O) groups excluding carboxylic acids is 2. The summed E-state index contributed by atoms with van der Waals surface area (Å²) in [5.41, 5.74) is 13.3. The second kappa shape index (κ2) is 6.12. The van der Waals surface area contributed by atoms with Crippen LogP contribution < -0.4 is 21.5 Å². The lowest BCUT2D eigenvalue weighted by Crippen LogP contribution is -2.22. The van der Waals surface area contributed by atoms with Crippen molar-refractivity contribution in [3.05, 3.63) is 34.6 Å². The first-order chi connectivity index (χ1) is 11.4. The van der Waals surface area contributed by atoms with Crippen molar-refractivity contribution in [2.75, 3.05) is 12.4 Å². The maximum atomic E-state index is 14.0. The van der Waals surface area contributed by atoms with E-state index in [-0.39, 0.29) is 11.3 Å². The molecule has 0 saturated carbocycles. The molecule has 1 aromatic heterocycles. The number of aryl methyl sites for hydroxylation is 1. The van der Waals surface area contributed by atoms with Crippen LogP contribution in [-0.4, -0.2) is 19.0 Å². The van der Waals surface area contributed by atoms with Crippen molar-refractivity contribution < 1.29 is 18.7 Å². The third kappa shape index (κ3) is 2.69.